The van der Waals surface area contributed by atoms with Gasteiger partial charge in [0.05, 0.1) is 19.1 Å². The van der Waals surface area contributed by atoms with Gasteiger partial charge in [0.25, 0.3) is 5.91 Å². The number of nitrogens with one attached hydrogen (secondary N) is 1. The van der Waals surface area contributed by atoms with Gasteiger partial charge >= 0.3 is 0 Å². The number of benzene rings is 2. The molecule has 1 aliphatic rings. The second-order valence-corrected chi connectivity index (χ2v) is 9.73. The molecule has 1 aliphatic heterocycles. The van der Waals surface area contributed by atoms with Crippen molar-refractivity contribution in [3.63, 3.8) is 0 Å². The SMILES string of the molecule is COc1ccccc1C(NC(=O)c1ccc2c(c1)CCCN2S(C)(=O)=O)c1nccn1C. The maximum Gasteiger partial charge on any atom is 0.252 e. The van der Waals surface area contributed by atoms with E-state index in [1.54, 1.807) is 31.5 Å². The summed E-state index contributed by atoms with van der Waals surface area (Å²) < 4.78 is 33.0. The van der Waals surface area contributed by atoms with E-state index in [1.807, 2.05) is 42.1 Å². The first-order valence-electron chi connectivity index (χ1n) is 10.3. The summed E-state index contributed by atoms with van der Waals surface area (Å²) in [6.07, 6.45) is 6.14. The summed E-state index contributed by atoms with van der Waals surface area (Å²) in [5.74, 6) is 1.04. The largest absolute Gasteiger partial charge is 0.496 e. The van der Waals surface area contributed by atoms with Crippen LogP contribution in [0.5, 0.6) is 5.75 Å². The number of aromatic nitrogens is 2. The van der Waals surface area contributed by atoms with Crippen molar-refractivity contribution in [3.05, 3.63) is 77.4 Å². The van der Waals surface area contributed by atoms with E-state index in [0.717, 1.165) is 17.5 Å². The topological polar surface area (TPSA) is 93.5 Å². The molecule has 0 spiro atoms. The van der Waals surface area contributed by atoms with Gasteiger partial charge in [0, 0.05) is 37.1 Å². The number of fused-ring (bicyclic) bond motifs is 1. The standard InChI is InChI=1S/C23H26N4O4S/c1-26-14-12-24-22(26)21(18-8-4-5-9-20(18)31-2)25-23(28)17-10-11-19-16(15-17)7-6-13-27(19)32(3,29)30/h4-5,8-12,14-15,21H,6-7,13H2,1-3H3,(H,25,28). The normalized spacial score (nSPS) is 14.5. The molecule has 4 rings (SSSR count). The van der Waals surface area contributed by atoms with E-state index in [2.05, 4.69) is 10.3 Å². The van der Waals surface area contributed by atoms with E-state index < -0.39 is 16.1 Å². The first kappa shape index (κ1) is 21.9. The highest BCUT2D eigenvalue weighted by Crippen LogP contribution is 2.32. The Morgan fingerprint density at radius 2 is 2.00 bits per heavy atom. The van der Waals surface area contributed by atoms with Gasteiger partial charge in [-0.3, -0.25) is 9.10 Å². The molecule has 0 saturated heterocycles. The Morgan fingerprint density at radius 3 is 2.69 bits per heavy atom. The van der Waals surface area contributed by atoms with Gasteiger partial charge in [-0.25, -0.2) is 13.4 Å². The van der Waals surface area contributed by atoms with Crippen LogP contribution in [0, 0.1) is 0 Å². The molecule has 0 bridgehead atoms. The zero-order chi connectivity index (χ0) is 22.9. The molecule has 1 aromatic heterocycles. The lowest BCUT2D eigenvalue weighted by atomic mass is 9.99. The van der Waals surface area contributed by atoms with Crippen molar-refractivity contribution in [1.29, 1.82) is 0 Å². The number of carbonyl (C=O) groups is 1. The van der Waals surface area contributed by atoms with E-state index >= 15 is 0 Å². The van der Waals surface area contributed by atoms with Crippen LogP contribution in [0.2, 0.25) is 0 Å². The third-order valence-electron chi connectivity index (χ3n) is 5.66. The van der Waals surface area contributed by atoms with E-state index in [1.165, 1.54) is 10.6 Å². The molecule has 32 heavy (non-hydrogen) atoms. The maximum absolute atomic E-state index is 13.3. The summed E-state index contributed by atoms with van der Waals surface area (Å²) in [7, 11) is 0.0994. The zero-order valence-electron chi connectivity index (χ0n) is 18.3. The average Bonchev–Trinajstić information content (AvgIpc) is 3.21. The maximum atomic E-state index is 13.3. The minimum Gasteiger partial charge on any atom is -0.496 e. The molecule has 3 aromatic rings. The summed E-state index contributed by atoms with van der Waals surface area (Å²) in [5, 5.41) is 3.08. The molecule has 8 nitrogen and oxygen atoms in total. The van der Waals surface area contributed by atoms with Gasteiger partial charge in [0.15, 0.2) is 0 Å². The first-order valence-corrected chi connectivity index (χ1v) is 12.2. The number of hydrogen-bond acceptors (Lipinski definition) is 5. The number of methoxy groups -OCH3 is 1. The lowest BCUT2D eigenvalue weighted by Gasteiger charge is -2.29. The van der Waals surface area contributed by atoms with Crippen LogP contribution in [0.25, 0.3) is 0 Å². The van der Waals surface area contributed by atoms with Crippen LogP contribution in [-0.4, -0.2) is 43.8 Å². The Balaban J connectivity index is 1.68. The van der Waals surface area contributed by atoms with Crippen LogP contribution in [0.3, 0.4) is 0 Å². The Morgan fingerprint density at radius 1 is 1.22 bits per heavy atom. The molecule has 2 heterocycles. The lowest BCUT2D eigenvalue weighted by molar-refractivity contribution is 0.0940. The van der Waals surface area contributed by atoms with Crippen LogP contribution in [0.15, 0.2) is 54.9 Å². The van der Waals surface area contributed by atoms with Crippen LogP contribution >= 0.6 is 0 Å². The fourth-order valence-corrected chi connectivity index (χ4v) is 5.10. The highest BCUT2D eigenvalue weighted by atomic mass is 32.2. The van der Waals surface area contributed by atoms with Crippen molar-refractivity contribution in [1.82, 2.24) is 14.9 Å². The van der Waals surface area contributed by atoms with Crippen molar-refractivity contribution < 1.29 is 17.9 Å². The second-order valence-electron chi connectivity index (χ2n) is 7.83. The highest BCUT2D eigenvalue weighted by molar-refractivity contribution is 7.92. The minimum absolute atomic E-state index is 0.275. The fraction of sp³-hybridized carbons (Fsp3) is 0.304. The van der Waals surface area contributed by atoms with Gasteiger partial charge in [-0.2, -0.15) is 0 Å². The summed E-state index contributed by atoms with van der Waals surface area (Å²) in [4.78, 5) is 17.7. The molecule has 0 aliphatic carbocycles. The van der Waals surface area contributed by atoms with E-state index in [-0.39, 0.29) is 5.91 Å². The summed E-state index contributed by atoms with van der Waals surface area (Å²) in [5.41, 5.74) is 2.74. The van der Waals surface area contributed by atoms with E-state index in [4.69, 9.17) is 4.74 Å². The summed E-state index contributed by atoms with van der Waals surface area (Å²) in [6.45, 7) is 0.451. The third kappa shape index (κ3) is 4.20. The number of aryl methyl sites for hydroxylation is 2. The molecule has 1 unspecified atom stereocenters. The number of sulfonamides is 1. The lowest BCUT2D eigenvalue weighted by Crippen LogP contribution is -2.35. The number of hydrogen-bond donors (Lipinski definition) is 1. The molecule has 1 amide bonds. The average molecular weight is 455 g/mol. The van der Waals surface area contributed by atoms with Gasteiger partial charge in [-0.05, 0) is 42.7 Å². The number of para-hydroxylation sites is 1. The monoisotopic (exact) mass is 454 g/mol. The van der Waals surface area contributed by atoms with E-state index in [9.17, 15) is 13.2 Å². The van der Waals surface area contributed by atoms with Gasteiger partial charge in [0.1, 0.15) is 17.6 Å². The number of rotatable bonds is 6. The van der Waals surface area contributed by atoms with Crippen molar-refractivity contribution in [3.8, 4) is 5.75 Å². The smallest absolute Gasteiger partial charge is 0.252 e. The number of carbonyl (C=O) groups excluding carboxylic acids is 1. The molecule has 0 fully saturated rings. The predicted molar refractivity (Wildman–Crippen MR) is 122 cm³/mol. The van der Waals surface area contributed by atoms with Crippen molar-refractivity contribution in [2.45, 2.75) is 18.9 Å². The van der Waals surface area contributed by atoms with Crippen LogP contribution < -0.4 is 14.4 Å². The molecule has 1 N–H and O–H groups in total. The minimum atomic E-state index is -3.36. The van der Waals surface area contributed by atoms with Crippen molar-refractivity contribution in [2.75, 3.05) is 24.2 Å². The zero-order valence-corrected chi connectivity index (χ0v) is 19.1. The third-order valence-corrected chi connectivity index (χ3v) is 6.84. The van der Waals surface area contributed by atoms with E-state index in [0.29, 0.717) is 35.8 Å². The first-order chi connectivity index (χ1) is 15.3. The summed E-state index contributed by atoms with van der Waals surface area (Å²) in [6, 6.07) is 12.1. The fourth-order valence-electron chi connectivity index (χ4n) is 4.10. The van der Waals surface area contributed by atoms with Crippen LogP contribution in [-0.2, 0) is 23.5 Å². The number of nitrogens with zero attached hydrogens (tertiary/aromatic N) is 3. The van der Waals surface area contributed by atoms with Gasteiger partial charge in [-0.15, -0.1) is 0 Å². The Labute approximate surface area is 187 Å². The van der Waals surface area contributed by atoms with Crippen molar-refractivity contribution >= 4 is 21.6 Å². The Hall–Kier alpha value is -3.33. The number of anilines is 1. The Bertz CT molecular complexity index is 1250. The Kier molecular flexibility index (Phi) is 5.92. The van der Waals surface area contributed by atoms with Crippen LogP contribution in [0.1, 0.15) is 39.8 Å². The molecular formula is C23H26N4O4S. The predicted octanol–water partition coefficient (Wildman–Crippen LogP) is 2.66. The molecule has 168 valence electrons. The van der Waals surface area contributed by atoms with Gasteiger partial charge in [-0.1, -0.05) is 18.2 Å². The second kappa shape index (κ2) is 8.66. The molecule has 0 radical (unpaired) electrons. The number of imidazole rings is 1. The molecule has 0 saturated carbocycles. The van der Waals surface area contributed by atoms with Gasteiger partial charge in [0.2, 0.25) is 10.0 Å². The summed E-state index contributed by atoms with van der Waals surface area (Å²) >= 11 is 0. The quantitative estimate of drug-likeness (QED) is 0.618. The van der Waals surface area contributed by atoms with Crippen molar-refractivity contribution in [2.24, 2.45) is 7.05 Å². The number of ether oxygens (including phenoxy) is 1. The number of amides is 1. The molecule has 2 aromatic carbocycles. The molecular weight excluding hydrogens is 428 g/mol. The molecule has 9 heteroatoms. The molecule has 1 atom stereocenters. The van der Waals surface area contributed by atoms with Crippen LogP contribution in [0.4, 0.5) is 5.69 Å². The van der Waals surface area contributed by atoms with Gasteiger partial charge < -0.3 is 14.6 Å². The highest BCUT2D eigenvalue weighted by Gasteiger charge is 2.27.